The number of halogens is 3. The summed E-state index contributed by atoms with van der Waals surface area (Å²) in [6.07, 6.45) is 1.89. The Labute approximate surface area is 124 Å². The van der Waals surface area contributed by atoms with Gasteiger partial charge in [-0.2, -0.15) is 0 Å². The number of aryl methyl sites for hydroxylation is 1. The molecule has 2 N–H and O–H groups in total. The zero-order valence-electron chi connectivity index (χ0n) is 9.21. The number of nitrogen functional groups attached to an aromatic ring is 1. The van der Waals surface area contributed by atoms with E-state index in [0.29, 0.717) is 20.2 Å². The molecule has 1 aromatic carbocycles. The highest BCUT2D eigenvalue weighted by molar-refractivity contribution is 7.15. The van der Waals surface area contributed by atoms with E-state index in [1.807, 2.05) is 0 Å². The van der Waals surface area contributed by atoms with E-state index in [0.717, 1.165) is 24.1 Å². The number of nitrogens with two attached hydrogens (primary N) is 1. The quantitative estimate of drug-likeness (QED) is 0.822. The van der Waals surface area contributed by atoms with Crippen molar-refractivity contribution in [3.8, 4) is 0 Å². The van der Waals surface area contributed by atoms with Crippen molar-refractivity contribution in [3.63, 3.8) is 0 Å². The Morgan fingerprint density at radius 3 is 2.56 bits per heavy atom. The van der Waals surface area contributed by atoms with Crippen LogP contribution in [-0.2, 0) is 6.42 Å². The van der Waals surface area contributed by atoms with Gasteiger partial charge in [0, 0.05) is 25.9 Å². The van der Waals surface area contributed by atoms with Crippen LogP contribution in [-0.4, -0.2) is 4.98 Å². The van der Waals surface area contributed by atoms with Crippen molar-refractivity contribution in [2.24, 2.45) is 0 Å². The SMILES string of the molecule is Nc1nc2c(s1)C(c1c(Cl)cc(Cl)cc1Cl)CC2. The van der Waals surface area contributed by atoms with Gasteiger partial charge in [0.15, 0.2) is 5.13 Å². The second-order valence-electron chi connectivity index (χ2n) is 4.24. The number of benzene rings is 1. The number of fused-ring (bicyclic) bond motifs is 1. The lowest BCUT2D eigenvalue weighted by atomic mass is 9.98. The molecule has 0 saturated carbocycles. The Morgan fingerprint density at radius 2 is 1.89 bits per heavy atom. The van der Waals surface area contributed by atoms with Crippen molar-refractivity contribution >= 4 is 51.3 Å². The van der Waals surface area contributed by atoms with Crippen LogP contribution in [0.3, 0.4) is 0 Å². The van der Waals surface area contributed by atoms with Crippen molar-refractivity contribution in [1.29, 1.82) is 0 Å². The second-order valence-corrected chi connectivity index (χ2v) is 6.55. The Bertz CT molecular complexity index is 601. The van der Waals surface area contributed by atoms with Crippen LogP contribution in [0.4, 0.5) is 5.13 Å². The lowest BCUT2D eigenvalue weighted by Gasteiger charge is -2.14. The Balaban J connectivity index is 2.12. The maximum absolute atomic E-state index is 6.27. The molecular formula is C12H9Cl3N2S. The highest BCUT2D eigenvalue weighted by atomic mass is 35.5. The van der Waals surface area contributed by atoms with E-state index in [-0.39, 0.29) is 5.92 Å². The molecule has 94 valence electrons. The average molecular weight is 320 g/mol. The topological polar surface area (TPSA) is 38.9 Å². The summed E-state index contributed by atoms with van der Waals surface area (Å²) in [5, 5.41) is 2.37. The molecular weight excluding hydrogens is 311 g/mol. The van der Waals surface area contributed by atoms with Crippen LogP contribution in [0.25, 0.3) is 0 Å². The van der Waals surface area contributed by atoms with Crippen molar-refractivity contribution in [1.82, 2.24) is 4.98 Å². The largest absolute Gasteiger partial charge is 0.375 e. The van der Waals surface area contributed by atoms with Gasteiger partial charge in [0.1, 0.15) is 0 Å². The first-order valence-corrected chi connectivity index (χ1v) is 7.41. The summed E-state index contributed by atoms with van der Waals surface area (Å²) in [6, 6.07) is 3.46. The molecule has 18 heavy (non-hydrogen) atoms. The molecule has 0 radical (unpaired) electrons. The smallest absolute Gasteiger partial charge is 0.180 e. The first-order chi connectivity index (χ1) is 8.56. The Kier molecular flexibility index (Phi) is 3.18. The summed E-state index contributed by atoms with van der Waals surface area (Å²) >= 11 is 20.0. The molecule has 0 amide bonds. The summed E-state index contributed by atoms with van der Waals surface area (Å²) in [5.41, 5.74) is 7.76. The van der Waals surface area contributed by atoms with Gasteiger partial charge >= 0.3 is 0 Å². The number of hydrogen-bond acceptors (Lipinski definition) is 3. The van der Waals surface area contributed by atoms with Crippen molar-refractivity contribution in [2.45, 2.75) is 18.8 Å². The minimum Gasteiger partial charge on any atom is -0.375 e. The van der Waals surface area contributed by atoms with Gasteiger partial charge in [0.2, 0.25) is 0 Å². The van der Waals surface area contributed by atoms with Crippen LogP contribution >= 0.6 is 46.1 Å². The standard InChI is InChI=1S/C12H9Cl3N2S/c13-5-3-7(14)10(8(15)4-5)6-1-2-9-11(6)18-12(16)17-9/h3-4,6H,1-2H2,(H2,16,17). The van der Waals surface area contributed by atoms with E-state index >= 15 is 0 Å². The van der Waals surface area contributed by atoms with Crippen LogP contribution in [0.1, 0.15) is 28.5 Å². The Morgan fingerprint density at radius 1 is 1.22 bits per heavy atom. The van der Waals surface area contributed by atoms with Gasteiger partial charge in [-0.25, -0.2) is 4.98 Å². The molecule has 0 fully saturated rings. The predicted molar refractivity (Wildman–Crippen MR) is 78.2 cm³/mol. The molecule has 0 spiro atoms. The third kappa shape index (κ3) is 1.99. The third-order valence-electron chi connectivity index (χ3n) is 3.12. The molecule has 1 aromatic heterocycles. The Hall–Kier alpha value is -0.480. The summed E-state index contributed by atoms with van der Waals surface area (Å²) in [4.78, 5) is 5.51. The fourth-order valence-electron chi connectivity index (χ4n) is 2.41. The highest BCUT2D eigenvalue weighted by Gasteiger charge is 2.31. The number of aromatic nitrogens is 1. The van der Waals surface area contributed by atoms with Gasteiger partial charge in [0.05, 0.1) is 5.69 Å². The zero-order valence-corrected chi connectivity index (χ0v) is 12.3. The van der Waals surface area contributed by atoms with E-state index in [4.69, 9.17) is 40.5 Å². The van der Waals surface area contributed by atoms with Gasteiger partial charge in [-0.1, -0.05) is 34.8 Å². The van der Waals surface area contributed by atoms with E-state index < -0.39 is 0 Å². The molecule has 0 bridgehead atoms. The van der Waals surface area contributed by atoms with Crippen LogP contribution in [0, 0.1) is 0 Å². The third-order valence-corrected chi connectivity index (χ3v) is 5.01. The maximum Gasteiger partial charge on any atom is 0.180 e. The first-order valence-electron chi connectivity index (χ1n) is 5.45. The second kappa shape index (κ2) is 4.57. The highest BCUT2D eigenvalue weighted by Crippen LogP contribution is 2.47. The zero-order chi connectivity index (χ0) is 12.9. The molecule has 0 saturated heterocycles. The lowest BCUT2D eigenvalue weighted by molar-refractivity contribution is 0.791. The summed E-state index contributed by atoms with van der Waals surface area (Å²) in [7, 11) is 0. The molecule has 0 aliphatic heterocycles. The number of rotatable bonds is 1. The molecule has 1 heterocycles. The molecule has 2 nitrogen and oxygen atoms in total. The summed E-state index contributed by atoms with van der Waals surface area (Å²) in [6.45, 7) is 0. The normalized spacial score (nSPS) is 18.1. The fraction of sp³-hybridized carbons (Fsp3) is 0.250. The number of anilines is 1. The van der Waals surface area contributed by atoms with E-state index in [9.17, 15) is 0 Å². The monoisotopic (exact) mass is 318 g/mol. The number of hydrogen-bond donors (Lipinski definition) is 1. The number of nitrogens with zero attached hydrogens (tertiary/aromatic N) is 1. The lowest BCUT2D eigenvalue weighted by Crippen LogP contribution is -1.97. The minimum atomic E-state index is 0.187. The molecule has 2 aromatic rings. The van der Waals surface area contributed by atoms with Crippen molar-refractivity contribution in [3.05, 3.63) is 43.3 Å². The van der Waals surface area contributed by atoms with E-state index in [1.54, 1.807) is 12.1 Å². The fourth-order valence-corrected chi connectivity index (χ4v) is 4.51. The van der Waals surface area contributed by atoms with Gasteiger partial charge < -0.3 is 5.73 Å². The minimum absolute atomic E-state index is 0.187. The van der Waals surface area contributed by atoms with Crippen LogP contribution in [0.2, 0.25) is 15.1 Å². The molecule has 3 rings (SSSR count). The molecule has 1 aliphatic rings. The summed E-state index contributed by atoms with van der Waals surface area (Å²) < 4.78 is 0. The molecule has 1 atom stereocenters. The molecule has 1 unspecified atom stereocenters. The maximum atomic E-state index is 6.27. The molecule has 6 heteroatoms. The van der Waals surface area contributed by atoms with Crippen LogP contribution in [0.5, 0.6) is 0 Å². The van der Waals surface area contributed by atoms with Gasteiger partial charge in [-0.3, -0.25) is 0 Å². The molecule has 1 aliphatic carbocycles. The van der Waals surface area contributed by atoms with Gasteiger partial charge in [0.25, 0.3) is 0 Å². The van der Waals surface area contributed by atoms with Gasteiger partial charge in [-0.15, -0.1) is 11.3 Å². The van der Waals surface area contributed by atoms with Crippen LogP contribution in [0.15, 0.2) is 12.1 Å². The number of thiazole rings is 1. The first kappa shape index (κ1) is 12.5. The predicted octanol–water partition coefficient (Wildman–Crippen LogP) is 4.76. The average Bonchev–Trinajstić information content (AvgIpc) is 2.77. The summed E-state index contributed by atoms with van der Waals surface area (Å²) in [5.74, 6) is 0.187. The van der Waals surface area contributed by atoms with Crippen molar-refractivity contribution in [2.75, 3.05) is 5.73 Å². The van der Waals surface area contributed by atoms with Crippen molar-refractivity contribution < 1.29 is 0 Å². The van der Waals surface area contributed by atoms with Crippen LogP contribution < -0.4 is 5.73 Å². The van der Waals surface area contributed by atoms with E-state index in [1.165, 1.54) is 16.2 Å². The van der Waals surface area contributed by atoms with E-state index in [2.05, 4.69) is 4.98 Å². The van der Waals surface area contributed by atoms with Gasteiger partial charge in [-0.05, 0) is 30.5 Å².